The van der Waals surface area contributed by atoms with Crippen molar-refractivity contribution in [2.24, 2.45) is 5.11 Å². The van der Waals surface area contributed by atoms with Crippen molar-refractivity contribution in [3.05, 3.63) is 43.0 Å². The second-order valence-electron chi connectivity index (χ2n) is 4.52. The highest BCUT2D eigenvalue weighted by Gasteiger charge is 2.58. The summed E-state index contributed by atoms with van der Waals surface area (Å²) < 4.78 is 12.3. The third-order valence-corrected chi connectivity index (χ3v) is 3.27. The molecule has 1 N–H and O–H groups in total. The van der Waals surface area contributed by atoms with E-state index in [0.29, 0.717) is 5.56 Å². The standard InChI is InChI=1S/C10H11N5O4/c1-4-3-15(10(17)13-8(4)16)9-7-6(19-7)5(18-9)2-12-14-11/h3,5-7,9H,2H2,1H3,(H,13,16,17)/t5-,6-,7-,9-/m1/s1. The summed E-state index contributed by atoms with van der Waals surface area (Å²) >= 11 is 0. The van der Waals surface area contributed by atoms with Crippen molar-refractivity contribution in [2.75, 3.05) is 6.54 Å². The van der Waals surface area contributed by atoms with Crippen LogP contribution in [0.15, 0.2) is 20.9 Å². The lowest BCUT2D eigenvalue weighted by Gasteiger charge is -2.18. The van der Waals surface area contributed by atoms with Crippen molar-refractivity contribution in [1.82, 2.24) is 9.55 Å². The van der Waals surface area contributed by atoms with E-state index in [-0.39, 0.29) is 24.9 Å². The molecule has 2 saturated heterocycles. The van der Waals surface area contributed by atoms with E-state index in [1.165, 1.54) is 10.8 Å². The smallest absolute Gasteiger partial charge is 0.330 e. The van der Waals surface area contributed by atoms with Crippen LogP contribution in [-0.4, -0.2) is 34.4 Å². The Hall–Kier alpha value is -2.09. The molecule has 9 heteroatoms. The minimum atomic E-state index is -0.591. The lowest BCUT2D eigenvalue weighted by molar-refractivity contribution is -0.0645. The van der Waals surface area contributed by atoms with Crippen LogP contribution in [0.4, 0.5) is 0 Å². The third-order valence-electron chi connectivity index (χ3n) is 3.27. The summed E-state index contributed by atoms with van der Waals surface area (Å²) in [6, 6.07) is 0. The Bertz CT molecular complexity index is 673. The molecule has 0 aromatic carbocycles. The van der Waals surface area contributed by atoms with Gasteiger partial charge < -0.3 is 9.47 Å². The second-order valence-corrected chi connectivity index (χ2v) is 4.52. The molecular formula is C10H11N5O4. The van der Waals surface area contributed by atoms with Gasteiger partial charge in [-0.2, -0.15) is 0 Å². The number of hydrogen-bond donors (Lipinski definition) is 1. The van der Waals surface area contributed by atoms with Crippen LogP contribution in [0.5, 0.6) is 0 Å². The second kappa shape index (κ2) is 4.23. The van der Waals surface area contributed by atoms with Crippen molar-refractivity contribution in [2.45, 2.75) is 31.5 Å². The molecule has 3 heterocycles. The van der Waals surface area contributed by atoms with Crippen molar-refractivity contribution in [3.63, 3.8) is 0 Å². The van der Waals surface area contributed by atoms with Crippen LogP contribution in [0.2, 0.25) is 0 Å². The summed E-state index contributed by atoms with van der Waals surface area (Å²) in [6.45, 7) is 1.76. The van der Waals surface area contributed by atoms with E-state index < -0.39 is 17.5 Å². The van der Waals surface area contributed by atoms with Crippen LogP contribution >= 0.6 is 0 Å². The van der Waals surface area contributed by atoms with E-state index in [4.69, 9.17) is 15.0 Å². The number of rotatable bonds is 3. The number of nitrogens with one attached hydrogen (secondary N) is 1. The lowest BCUT2D eigenvalue weighted by atomic mass is 10.2. The van der Waals surface area contributed by atoms with Gasteiger partial charge in [0.1, 0.15) is 12.2 Å². The summed E-state index contributed by atoms with van der Waals surface area (Å²) in [5.41, 5.74) is 7.74. The number of aryl methyl sites for hydroxylation is 1. The largest absolute Gasteiger partial charge is 0.362 e. The minimum Gasteiger partial charge on any atom is -0.362 e. The average Bonchev–Trinajstić information content (AvgIpc) is 3.09. The van der Waals surface area contributed by atoms with Crippen molar-refractivity contribution in [3.8, 4) is 0 Å². The molecular weight excluding hydrogens is 254 g/mol. The number of aromatic amines is 1. The summed E-state index contributed by atoms with van der Waals surface area (Å²) in [7, 11) is 0. The summed E-state index contributed by atoms with van der Waals surface area (Å²) in [5.74, 6) is 0. The monoisotopic (exact) mass is 265 g/mol. The molecule has 0 amide bonds. The van der Waals surface area contributed by atoms with Gasteiger partial charge >= 0.3 is 5.69 Å². The molecule has 1 aromatic rings. The number of H-pyrrole nitrogens is 1. The number of hydrogen-bond acceptors (Lipinski definition) is 5. The maximum absolute atomic E-state index is 11.8. The van der Waals surface area contributed by atoms with Gasteiger partial charge in [-0.25, -0.2) is 4.79 Å². The Labute approximate surface area is 106 Å². The first-order valence-corrected chi connectivity index (χ1v) is 5.75. The van der Waals surface area contributed by atoms with Gasteiger partial charge in [-0.15, -0.1) is 0 Å². The van der Waals surface area contributed by atoms with Gasteiger partial charge in [0.25, 0.3) is 5.56 Å². The summed E-state index contributed by atoms with van der Waals surface area (Å²) in [4.78, 5) is 27.9. The summed E-state index contributed by atoms with van der Waals surface area (Å²) in [5, 5.41) is 3.44. The SMILES string of the molecule is Cc1cn([C@@H]2O[C@H](CN=[N+]=[N-])[C@H]3O[C@H]32)c(=O)[nH]c1=O. The van der Waals surface area contributed by atoms with Crippen LogP contribution < -0.4 is 11.2 Å². The highest BCUT2D eigenvalue weighted by atomic mass is 16.7. The highest BCUT2D eigenvalue weighted by molar-refractivity contribution is 5.07. The van der Waals surface area contributed by atoms with Crippen LogP contribution in [0.3, 0.4) is 0 Å². The molecule has 0 radical (unpaired) electrons. The van der Waals surface area contributed by atoms with Crippen LogP contribution in [-0.2, 0) is 9.47 Å². The Kier molecular flexibility index (Phi) is 2.67. The number of nitrogens with zero attached hydrogens (tertiary/aromatic N) is 4. The first kappa shape index (κ1) is 12.0. The van der Waals surface area contributed by atoms with E-state index in [1.54, 1.807) is 6.92 Å². The maximum Gasteiger partial charge on any atom is 0.330 e. The molecule has 0 bridgehead atoms. The van der Waals surface area contributed by atoms with Gasteiger partial charge in [0.05, 0.1) is 12.6 Å². The molecule has 0 saturated carbocycles. The fraction of sp³-hybridized carbons (Fsp3) is 0.600. The topological polar surface area (TPSA) is 125 Å². The molecule has 3 rings (SSSR count). The number of ether oxygens (including phenoxy) is 2. The Balaban J connectivity index is 1.89. The van der Waals surface area contributed by atoms with Crippen molar-refractivity contribution in [1.29, 1.82) is 0 Å². The fourth-order valence-electron chi connectivity index (χ4n) is 2.26. The highest BCUT2D eigenvalue weighted by Crippen LogP contribution is 2.44. The van der Waals surface area contributed by atoms with Crippen LogP contribution in [0.1, 0.15) is 11.8 Å². The molecule has 1 aromatic heterocycles. The van der Waals surface area contributed by atoms with Crippen molar-refractivity contribution < 1.29 is 9.47 Å². The summed E-state index contributed by atoms with van der Waals surface area (Å²) in [6.07, 6.45) is 0.106. The molecule has 0 aliphatic carbocycles. The number of azide groups is 1. The Morgan fingerprint density at radius 1 is 1.47 bits per heavy atom. The quantitative estimate of drug-likeness (QED) is 0.352. The molecule has 100 valence electrons. The van der Waals surface area contributed by atoms with Crippen LogP contribution in [0.25, 0.3) is 10.4 Å². The molecule has 19 heavy (non-hydrogen) atoms. The maximum atomic E-state index is 11.8. The molecule has 0 spiro atoms. The molecule has 2 fully saturated rings. The van der Waals surface area contributed by atoms with E-state index in [9.17, 15) is 9.59 Å². The zero-order valence-electron chi connectivity index (χ0n) is 10.0. The zero-order valence-corrected chi connectivity index (χ0v) is 10.0. The van der Waals surface area contributed by atoms with E-state index in [1.807, 2.05) is 0 Å². The molecule has 9 nitrogen and oxygen atoms in total. The number of fused-ring (bicyclic) bond motifs is 1. The normalized spacial score (nSPS) is 31.6. The van der Waals surface area contributed by atoms with Gasteiger partial charge in [0.2, 0.25) is 0 Å². The zero-order chi connectivity index (χ0) is 13.6. The lowest BCUT2D eigenvalue weighted by Crippen LogP contribution is -2.35. The van der Waals surface area contributed by atoms with E-state index >= 15 is 0 Å². The van der Waals surface area contributed by atoms with Gasteiger partial charge in [0, 0.05) is 16.7 Å². The van der Waals surface area contributed by atoms with E-state index in [2.05, 4.69) is 15.0 Å². The minimum absolute atomic E-state index is 0.158. The fourth-order valence-corrected chi connectivity index (χ4v) is 2.26. The molecule has 2 aliphatic rings. The van der Waals surface area contributed by atoms with Gasteiger partial charge in [-0.3, -0.25) is 14.3 Å². The first-order chi connectivity index (χ1) is 9.11. The predicted molar refractivity (Wildman–Crippen MR) is 62.6 cm³/mol. The van der Waals surface area contributed by atoms with Gasteiger partial charge in [-0.05, 0) is 12.5 Å². The first-order valence-electron chi connectivity index (χ1n) is 5.75. The van der Waals surface area contributed by atoms with E-state index in [0.717, 1.165) is 0 Å². The van der Waals surface area contributed by atoms with Gasteiger partial charge in [0.15, 0.2) is 6.23 Å². The Morgan fingerprint density at radius 3 is 3.00 bits per heavy atom. The molecule has 4 atom stereocenters. The number of epoxide rings is 1. The van der Waals surface area contributed by atoms with Gasteiger partial charge in [-0.1, -0.05) is 5.11 Å². The Morgan fingerprint density at radius 2 is 2.26 bits per heavy atom. The van der Waals surface area contributed by atoms with Crippen molar-refractivity contribution >= 4 is 0 Å². The molecule has 0 unspecified atom stereocenters. The average molecular weight is 265 g/mol. The predicted octanol–water partition coefficient (Wildman–Crippen LogP) is -0.180. The molecule has 2 aliphatic heterocycles. The third kappa shape index (κ3) is 1.93. The number of aromatic nitrogens is 2. The van der Waals surface area contributed by atoms with Crippen LogP contribution in [0, 0.1) is 6.92 Å².